The van der Waals surface area contributed by atoms with Crippen LogP contribution < -0.4 is 5.32 Å². The van der Waals surface area contributed by atoms with Crippen LogP contribution in [0.15, 0.2) is 53.0 Å². The first kappa shape index (κ1) is 11.0. The molecule has 1 aliphatic carbocycles. The fraction of sp³-hybridized carbons (Fsp3) is 0.154. The minimum absolute atomic E-state index is 0.0529. The molecule has 1 aromatic rings. The van der Waals surface area contributed by atoms with Crippen molar-refractivity contribution in [3.05, 3.63) is 48.1 Å². The largest absolute Gasteiger partial charge is 0.322 e. The Balaban J connectivity index is 2.04. The minimum Gasteiger partial charge on any atom is -0.322 e. The molecule has 0 unspecified atom stereocenters. The van der Waals surface area contributed by atoms with Crippen molar-refractivity contribution in [1.29, 1.82) is 0 Å². The molecule has 2 nitrogen and oxygen atoms in total. The molecule has 1 N–H and O–H groups in total. The van der Waals surface area contributed by atoms with E-state index in [1.165, 1.54) is 0 Å². The van der Waals surface area contributed by atoms with E-state index < -0.39 is 0 Å². The van der Waals surface area contributed by atoms with Gasteiger partial charge in [-0.05, 0) is 37.1 Å². The summed E-state index contributed by atoms with van der Waals surface area (Å²) in [5.74, 6) is -0.0529. The van der Waals surface area contributed by atoms with Gasteiger partial charge in [-0.1, -0.05) is 18.2 Å². The average Bonchev–Trinajstić information content (AvgIpc) is 2.33. The fourth-order valence-electron chi connectivity index (χ4n) is 1.53. The molecule has 0 bridgehead atoms. The number of nitrogens with one attached hydrogen (secondary N) is 1. The number of anilines is 1. The molecular weight excluding hydrogens is 218 g/mol. The van der Waals surface area contributed by atoms with Crippen molar-refractivity contribution in [2.75, 3.05) is 5.32 Å². The predicted octanol–water partition coefficient (Wildman–Crippen LogP) is 3.19. The second kappa shape index (κ2) is 5.03. The van der Waals surface area contributed by atoms with E-state index in [0.717, 1.165) is 29.0 Å². The molecule has 1 aliphatic rings. The number of benzene rings is 1. The molecule has 82 valence electrons. The van der Waals surface area contributed by atoms with Crippen LogP contribution in [0.2, 0.25) is 0 Å². The van der Waals surface area contributed by atoms with Gasteiger partial charge in [0.05, 0.1) is 0 Å². The van der Waals surface area contributed by atoms with Crippen LogP contribution in [0.4, 0.5) is 5.69 Å². The predicted molar refractivity (Wildman–Crippen MR) is 68.8 cm³/mol. The van der Waals surface area contributed by atoms with Crippen molar-refractivity contribution in [3.63, 3.8) is 0 Å². The van der Waals surface area contributed by atoms with Crippen LogP contribution in [0.5, 0.6) is 0 Å². The van der Waals surface area contributed by atoms with Gasteiger partial charge in [0.2, 0.25) is 0 Å². The van der Waals surface area contributed by atoms with E-state index in [1.54, 1.807) is 0 Å². The molecule has 0 radical (unpaired) electrons. The van der Waals surface area contributed by atoms with Gasteiger partial charge in [0.25, 0.3) is 5.91 Å². The molecule has 16 heavy (non-hydrogen) atoms. The molecule has 2 rings (SSSR count). The van der Waals surface area contributed by atoms with Gasteiger partial charge in [0.15, 0.2) is 0 Å². The van der Waals surface area contributed by atoms with E-state index in [4.69, 9.17) is 0 Å². The molecule has 0 fully saturated rings. The molecule has 0 saturated carbocycles. The fourth-order valence-corrected chi connectivity index (χ4v) is 1.68. The highest BCUT2D eigenvalue weighted by atomic mass is 32.1. The summed E-state index contributed by atoms with van der Waals surface area (Å²) in [4.78, 5) is 12.7. The summed E-state index contributed by atoms with van der Waals surface area (Å²) in [5.41, 5.74) is 1.53. The third-order valence-corrected chi connectivity index (χ3v) is 2.68. The van der Waals surface area contributed by atoms with E-state index in [-0.39, 0.29) is 5.91 Å². The average molecular weight is 231 g/mol. The third kappa shape index (κ3) is 2.76. The Morgan fingerprint density at radius 2 is 1.94 bits per heavy atom. The van der Waals surface area contributed by atoms with Crippen molar-refractivity contribution in [3.8, 4) is 0 Å². The van der Waals surface area contributed by atoms with E-state index >= 15 is 0 Å². The maximum absolute atomic E-state index is 11.8. The van der Waals surface area contributed by atoms with E-state index in [2.05, 4.69) is 17.9 Å². The van der Waals surface area contributed by atoms with Crippen molar-refractivity contribution >= 4 is 24.2 Å². The zero-order valence-electron chi connectivity index (χ0n) is 8.81. The highest BCUT2D eigenvalue weighted by molar-refractivity contribution is 7.80. The zero-order chi connectivity index (χ0) is 11.4. The summed E-state index contributed by atoms with van der Waals surface area (Å²) >= 11 is 4.19. The van der Waals surface area contributed by atoms with Crippen molar-refractivity contribution in [1.82, 2.24) is 0 Å². The summed E-state index contributed by atoms with van der Waals surface area (Å²) in [6.07, 6.45) is 7.81. The molecule has 3 heteroatoms. The standard InChI is InChI=1S/C13H13NOS/c15-13(10-4-2-1-3-5-10)14-11-6-8-12(16)9-7-11/h2,4-9,16H,1,3H2,(H,14,15). The number of allylic oxidation sites excluding steroid dienone is 2. The minimum atomic E-state index is -0.0529. The Labute approximate surface area is 100 Å². The number of amides is 1. The lowest BCUT2D eigenvalue weighted by molar-refractivity contribution is -0.112. The summed E-state index contributed by atoms with van der Waals surface area (Å²) in [6.45, 7) is 0. The maximum Gasteiger partial charge on any atom is 0.255 e. The van der Waals surface area contributed by atoms with E-state index in [1.807, 2.05) is 42.5 Å². The molecule has 0 aliphatic heterocycles. The Morgan fingerprint density at radius 1 is 1.19 bits per heavy atom. The van der Waals surface area contributed by atoms with Crippen LogP contribution in [0.3, 0.4) is 0 Å². The molecule has 0 saturated heterocycles. The second-order valence-corrected chi connectivity index (χ2v) is 4.16. The maximum atomic E-state index is 11.8. The molecule has 0 spiro atoms. The van der Waals surface area contributed by atoms with Gasteiger partial charge in [-0.2, -0.15) is 0 Å². The molecule has 1 amide bonds. The number of hydrogen-bond donors (Lipinski definition) is 2. The lowest BCUT2D eigenvalue weighted by Gasteiger charge is -2.08. The quantitative estimate of drug-likeness (QED) is 0.752. The Morgan fingerprint density at radius 3 is 2.56 bits per heavy atom. The summed E-state index contributed by atoms with van der Waals surface area (Å²) in [7, 11) is 0. The first-order valence-electron chi connectivity index (χ1n) is 5.23. The first-order valence-corrected chi connectivity index (χ1v) is 5.67. The van der Waals surface area contributed by atoms with E-state index in [9.17, 15) is 4.79 Å². The number of rotatable bonds is 2. The summed E-state index contributed by atoms with van der Waals surface area (Å²) < 4.78 is 0. The summed E-state index contributed by atoms with van der Waals surface area (Å²) in [6, 6.07) is 7.38. The van der Waals surface area contributed by atoms with Gasteiger partial charge in [-0.25, -0.2) is 0 Å². The van der Waals surface area contributed by atoms with Gasteiger partial charge < -0.3 is 5.32 Å². The van der Waals surface area contributed by atoms with Crippen LogP contribution >= 0.6 is 12.6 Å². The molecule has 0 aromatic heterocycles. The third-order valence-electron chi connectivity index (χ3n) is 2.38. The van der Waals surface area contributed by atoms with Gasteiger partial charge >= 0.3 is 0 Å². The van der Waals surface area contributed by atoms with Gasteiger partial charge in [0, 0.05) is 16.2 Å². The molecule has 1 aromatic carbocycles. The van der Waals surface area contributed by atoms with Crippen LogP contribution in [-0.2, 0) is 4.79 Å². The van der Waals surface area contributed by atoms with Crippen LogP contribution in [0.1, 0.15) is 12.8 Å². The zero-order valence-corrected chi connectivity index (χ0v) is 9.71. The van der Waals surface area contributed by atoms with Gasteiger partial charge in [0.1, 0.15) is 0 Å². The highest BCUT2D eigenvalue weighted by Crippen LogP contribution is 2.15. The Bertz CT molecular complexity index is 446. The number of carbonyl (C=O) groups excluding carboxylic acids is 1. The molecular formula is C13H13NOS. The Kier molecular flexibility index (Phi) is 3.47. The van der Waals surface area contributed by atoms with Crippen molar-refractivity contribution in [2.45, 2.75) is 17.7 Å². The first-order chi connectivity index (χ1) is 7.75. The smallest absolute Gasteiger partial charge is 0.255 e. The number of thiol groups is 1. The number of hydrogen-bond acceptors (Lipinski definition) is 2. The van der Waals surface area contributed by atoms with Gasteiger partial charge in [-0.15, -0.1) is 12.6 Å². The van der Waals surface area contributed by atoms with Crippen LogP contribution in [0, 0.1) is 0 Å². The normalized spacial score (nSPS) is 14.4. The SMILES string of the molecule is O=C(Nc1ccc(S)cc1)C1=CCCC=C1. The lowest BCUT2D eigenvalue weighted by Crippen LogP contribution is -2.13. The van der Waals surface area contributed by atoms with Crippen LogP contribution in [-0.4, -0.2) is 5.91 Å². The summed E-state index contributed by atoms with van der Waals surface area (Å²) in [5, 5.41) is 2.85. The van der Waals surface area contributed by atoms with Crippen LogP contribution in [0.25, 0.3) is 0 Å². The van der Waals surface area contributed by atoms with E-state index in [0.29, 0.717) is 0 Å². The Hall–Kier alpha value is -1.48. The highest BCUT2D eigenvalue weighted by Gasteiger charge is 2.08. The number of carbonyl (C=O) groups is 1. The van der Waals surface area contributed by atoms with Gasteiger partial charge in [-0.3, -0.25) is 4.79 Å². The lowest BCUT2D eigenvalue weighted by atomic mass is 10.1. The topological polar surface area (TPSA) is 29.1 Å². The molecule has 0 heterocycles. The monoisotopic (exact) mass is 231 g/mol. The second-order valence-electron chi connectivity index (χ2n) is 3.64. The molecule has 0 atom stereocenters. The van der Waals surface area contributed by atoms with Crippen molar-refractivity contribution < 1.29 is 4.79 Å². The van der Waals surface area contributed by atoms with Crippen molar-refractivity contribution in [2.24, 2.45) is 0 Å².